The number of hydrogen-bond acceptors (Lipinski definition) is 4. The van der Waals surface area contributed by atoms with E-state index in [9.17, 15) is 18.4 Å². The minimum Gasteiger partial charge on any atom is -0.540 e. The van der Waals surface area contributed by atoms with E-state index in [1.165, 1.54) is 11.0 Å². The van der Waals surface area contributed by atoms with Crippen molar-refractivity contribution in [1.82, 2.24) is 14.9 Å². The predicted molar refractivity (Wildman–Crippen MR) is 156 cm³/mol. The standard InChI is InChI=1S/C16H13ClF2NO.C16H16N3O.Ti/c1-10(2)20(15-8-7-13(18)9-14(15)19)16(21)11-3-5-12(17)6-4-11;20-11-16(9-13-10-17-12-18-13)19(14-5-1-2-6-14)15-7-3-4-8-15;/h3-8,10H,1-2H3;1-5,7,10,12,16H,6,8-9H2,(H,17,18);/q2*-1;+2/t;16-;/m.0./s1. The second kappa shape index (κ2) is 15.6. The van der Waals surface area contributed by atoms with Gasteiger partial charge in [0.1, 0.15) is 0 Å². The summed E-state index contributed by atoms with van der Waals surface area (Å²) in [5.41, 5.74) is 3.60. The van der Waals surface area contributed by atoms with Crippen LogP contribution in [0.3, 0.4) is 0 Å². The van der Waals surface area contributed by atoms with Crippen LogP contribution in [0.1, 0.15) is 42.7 Å². The van der Waals surface area contributed by atoms with E-state index in [0.29, 0.717) is 17.0 Å². The van der Waals surface area contributed by atoms with Crippen LogP contribution < -0.4 is 4.90 Å². The van der Waals surface area contributed by atoms with E-state index in [-0.39, 0.29) is 45.4 Å². The first-order valence-corrected chi connectivity index (χ1v) is 13.5. The third-order valence-corrected chi connectivity index (χ3v) is 6.72. The van der Waals surface area contributed by atoms with Crippen molar-refractivity contribution in [1.29, 1.82) is 0 Å². The van der Waals surface area contributed by atoms with E-state index in [4.69, 9.17) is 11.6 Å². The number of carbonyl (C=O) groups is 1. The zero-order valence-electron chi connectivity index (χ0n) is 23.2. The zero-order valence-corrected chi connectivity index (χ0v) is 25.5. The average Bonchev–Trinajstić information content (AvgIpc) is 3.75. The SMILES string of the molecule is CC(C)N(C(=O)c1ccc(Cl)cc1)c1ccc(F)[c-]c1F.O=[C-][C@H](Cc1cnc[nH]1)N(C1=CC=CC1)C1=CC=CC1.[Ti+2]. The number of aromatic nitrogens is 2. The maximum Gasteiger partial charge on any atom is 2.00 e. The molecule has 0 unspecified atom stereocenters. The minimum absolute atomic E-state index is 0. The van der Waals surface area contributed by atoms with Gasteiger partial charge < -0.3 is 19.6 Å². The van der Waals surface area contributed by atoms with Crippen molar-refractivity contribution in [2.24, 2.45) is 0 Å². The van der Waals surface area contributed by atoms with Crippen LogP contribution >= 0.6 is 11.6 Å². The molecule has 5 rings (SSSR count). The summed E-state index contributed by atoms with van der Waals surface area (Å²) in [7, 11) is 0. The first-order chi connectivity index (χ1) is 19.8. The largest absolute Gasteiger partial charge is 2.00 e. The number of carbonyl (C=O) groups excluding carboxylic acids is 2. The first-order valence-electron chi connectivity index (χ1n) is 13.1. The Bertz CT molecular complexity index is 1450. The molecule has 10 heteroatoms. The number of benzene rings is 2. The van der Waals surface area contributed by atoms with Gasteiger partial charge in [-0.05, 0) is 62.4 Å². The monoisotopic (exact) mass is 622 g/mol. The Morgan fingerprint density at radius 3 is 2.19 bits per heavy atom. The quantitative estimate of drug-likeness (QED) is 0.208. The fraction of sp³-hybridized carbons (Fsp3) is 0.219. The number of aromatic amines is 1. The number of anilines is 1. The van der Waals surface area contributed by atoms with Crippen molar-refractivity contribution >= 4 is 29.5 Å². The molecule has 0 bridgehead atoms. The number of allylic oxidation sites excluding steroid dienone is 6. The molecule has 0 saturated carbocycles. The molecule has 0 saturated heterocycles. The number of hydrogen-bond donors (Lipinski definition) is 1. The van der Waals surface area contributed by atoms with Crippen LogP contribution in [0.4, 0.5) is 14.5 Å². The number of amides is 1. The summed E-state index contributed by atoms with van der Waals surface area (Å²) in [6.45, 7) is 3.49. The number of nitrogens with zero attached hydrogens (tertiary/aromatic N) is 3. The van der Waals surface area contributed by atoms with Crippen LogP contribution in [0, 0.1) is 17.7 Å². The molecule has 1 heterocycles. The summed E-state index contributed by atoms with van der Waals surface area (Å²) in [5.74, 6) is -2.09. The molecule has 2 aromatic carbocycles. The summed E-state index contributed by atoms with van der Waals surface area (Å²) in [4.78, 5) is 34.5. The number of halogens is 3. The zero-order chi connectivity index (χ0) is 29.4. The van der Waals surface area contributed by atoms with E-state index in [2.05, 4.69) is 45.5 Å². The summed E-state index contributed by atoms with van der Waals surface area (Å²) >= 11 is 5.79. The van der Waals surface area contributed by atoms with Crippen molar-refractivity contribution in [3.05, 3.63) is 131 Å². The van der Waals surface area contributed by atoms with Gasteiger partial charge in [-0.3, -0.25) is 4.79 Å². The molecule has 3 aromatic rings. The molecule has 0 spiro atoms. The Kier molecular flexibility index (Phi) is 12.2. The number of imidazole rings is 1. The van der Waals surface area contributed by atoms with Crippen LogP contribution in [-0.4, -0.2) is 39.1 Å². The van der Waals surface area contributed by atoms with Crippen LogP contribution in [0.2, 0.25) is 5.02 Å². The molecule has 6 nitrogen and oxygen atoms in total. The summed E-state index contributed by atoms with van der Waals surface area (Å²) in [6, 6.07) is 9.90. The van der Waals surface area contributed by atoms with Crippen molar-refractivity contribution in [3.63, 3.8) is 0 Å². The molecular formula is C32H29ClF2N4O2Ti. The van der Waals surface area contributed by atoms with Gasteiger partial charge in [0.25, 0.3) is 0 Å². The van der Waals surface area contributed by atoms with Gasteiger partial charge in [-0.2, -0.15) is 0 Å². The van der Waals surface area contributed by atoms with E-state index in [1.54, 1.807) is 50.6 Å². The molecule has 0 radical (unpaired) electrons. The maximum absolute atomic E-state index is 13.9. The van der Waals surface area contributed by atoms with E-state index < -0.39 is 11.6 Å². The van der Waals surface area contributed by atoms with Crippen molar-refractivity contribution in [3.8, 4) is 0 Å². The summed E-state index contributed by atoms with van der Waals surface area (Å²) in [6.07, 6.45) is 20.3. The minimum atomic E-state index is -0.897. The maximum atomic E-state index is 13.9. The second-order valence-electron chi connectivity index (χ2n) is 9.65. The van der Waals surface area contributed by atoms with Gasteiger partial charge in [-0.15, -0.1) is 18.2 Å². The fourth-order valence-electron chi connectivity index (χ4n) is 4.58. The fourth-order valence-corrected chi connectivity index (χ4v) is 4.71. The molecule has 214 valence electrons. The van der Waals surface area contributed by atoms with Crippen molar-refractivity contribution < 1.29 is 40.1 Å². The molecule has 1 aromatic heterocycles. The Morgan fingerprint density at radius 2 is 1.71 bits per heavy atom. The van der Waals surface area contributed by atoms with E-state index >= 15 is 0 Å². The Labute approximate surface area is 264 Å². The first kappa shape index (κ1) is 32.9. The topological polar surface area (TPSA) is 69.3 Å². The molecule has 1 atom stereocenters. The molecule has 1 N–H and O–H groups in total. The smallest absolute Gasteiger partial charge is 0.540 e. The second-order valence-corrected chi connectivity index (χ2v) is 10.1. The molecule has 2 aliphatic rings. The molecule has 1 amide bonds. The Balaban J connectivity index is 0.000000225. The number of H-pyrrole nitrogens is 1. The molecule has 2 aliphatic carbocycles. The number of rotatable bonds is 9. The van der Waals surface area contributed by atoms with Crippen molar-refractivity contribution in [2.45, 2.75) is 45.2 Å². The molecule has 0 fully saturated rings. The third-order valence-electron chi connectivity index (χ3n) is 6.47. The van der Waals surface area contributed by atoms with Crippen LogP contribution in [0.15, 0.2) is 96.8 Å². The van der Waals surface area contributed by atoms with E-state index in [1.807, 2.05) is 18.2 Å². The average molecular weight is 623 g/mol. The molecular weight excluding hydrogens is 594 g/mol. The molecule has 42 heavy (non-hydrogen) atoms. The third kappa shape index (κ3) is 8.25. The Hall–Kier alpha value is -3.59. The molecule has 0 aliphatic heterocycles. The van der Waals surface area contributed by atoms with Crippen LogP contribution in [-0.2, 0) is 32.9 Å². The van der Waals surface area contributed by atoms with Gasteiger partial charge >= 0.3 is 21.7 Å². The van der Waals surface area contributed by atoms with Gasteiger partial charge in [-0.1, -0.05) is 41.9 Å². The predicted octanol–water partition coefficient (Wildman–Crippen LogP) is 6.89. The van der Waals surface area contributed by atoms with Gasteiger partial charge in [0.2, 0.25) is 5.91 Å². The van der Waals surface area contributed by atoms with Gasteiger partial charge in [-0.25, -0.2) is 20.1 Å². The van der Waals surface area contributed by atoms with Gasteiger partial charge in [0, 0.05) is 64.4 Å². The van der Waals surface area contributed by atoms with Crippen LogP contribution in [0.5, 0.6) is 0 Å². The summed E-state index contributed by atoms with van der Waals surface area (Å²) < 4.78 is 26.9. The van der Waals surface area contributed by atoms with Crippen LogP contribution in [0.25, 0.3) is 0 Å². The normalized spacial score (nSPS) is 14.0. The Morgan fingerprint density at radius 1 is 1.07 bits per heavy atom. The van der Waals surface area contributed by atoms with E-state index in [0.717, 1.165) is 36.0 Å². The number of nitrogens with one attached hydrogen (secondary N) is 1. The van der Waals surface area contributed by atoms with Gasteiger partial charge in [0.05, 0.1) is 6.33 Å². The summed E-state index contributed by atoms with van der Waals surface area (Å²) in [5, 5.41) is 0.504. The van der Waals surface area contributed by atoms with Gasteiger partial charge in [0.15, 0.2) is 0 Å². The van der Waals surface area contributed by atoms with Crippen molar-refractivity contribution in [2.75, 3.05) is 4.90 Å².